The van der Waals surface area contributed by atoms with Crippen molar-refractivity contribution in [3.63, 3.8) is 0 Å². The standard InChI is InChI=1S/C32H33FN2O6/c1-32(2,37)12-13-35-26-15-21(5-4-19(26)17-34-35)40-27-11-9-25(33)31-24(27)8-10-28(31)41-22-6-7-23-20(14-30(36)38-3)18-39-29(23)16-22/h4-7,9,11,15-17,20,28,37H,8,10,12-14,18H2,1-3H3. The van der Waals surface area contributed by atoms with Crippen LogP contribution in [0.25, 0.3) is 10.9 Å². The van der Waals surface area contributed by atoms with E-state index in [4.69, 9.17) is 18.9 Å². The molecule has 0 bridgehead atoms. The van der Waals surface area contributed by atoms with E-state index < -0.39 is 11.7 Å². The topological polar surface area (TPSA) is 92.0 Å². The van der Waals surface area contributed by atoms with E-state index in [1.165, 1.54) is 13.2 Å². The molecular weight excluding hydrogens is 527 g/mol. The number of aryl methyl sites for hydroxylation is 1. The van der Waals surface area contributed by atoms with Gasteiger partial charge < -0.3 is 24.1 Å². The number of benzene rings is 3. The van der Waals surface area contributed by atoms with Gasteiger partial charge >= 0.3 is 5.97 Å². The second-order valence-corrected chi connectivity index (χ2v) is 11.3. The Morgan fingerprint density at radius 1 is 1.17 bits per heavy atom. The van der Waals surface area contributed by atoms with Gasteiger partial charge in [-0.2, -0.15) is 5.10 Å². The molecule has 1 aliphatic heterocycles. The summed E-state index contributed by atoms with van der Waals surface area (Å²) < 4.78 is 40.2. The summed E-state index contributed by atoms with van der Waals surface area (Å²) in [6.45, 7) is 4.53. The van der Waals surface area contributed by atoms with Crippen molar-refractivity contribution >= 4 is 16.9 Å². The molecule has 3 aromatic carbocycles. The monoisotopic (exact) mass is 560 g/mol. The highest BCUT2D eigenvalue weighted by Gasteiger charge is 2.32. The minimum Gasteiger partial charge on any atom is -0.492 e. The Labute approximate surface area is 237 Å². The molecule has 2 unspecified atom stereocenters. The van der Waals surface area contributed by atoms with Crippen LogP contribution in [0.1, 0.15) is 61.8 Å². The molecule has 2 heterocycles. The minimum atomic E-state index is -0.792. The maximum Gasteiger partial charge on any atom is 0.306 e. The Hall–Kier alpha value is -4.11. The summed E-state index contributed by atoms with van der Waals surface area (Å²) in [6.07, 6.45) is 3.37. The lowest BCUT2D eigenvalue weighted by Gasteiger charge is -2.18. The molecule has 8 nitrogen and oxygen atoms in total. The van der Waals surface area contributed by atoms with Crippen molar-refractivity contribution in [1.82, 2.24) is 9.78 Å². The van der Waals surface area contributed by atoms with Crippen LogP contribution in [-0.2, 0) is 22.5 Å². The average molecular weight is 561 g/mol. The van der Waals surface area contributed by atoms with E-state index in [0.717, 1.165) is 22.0 Å². The Morgan fingerprint density at radius 3 is 2.80 bits per heavy atom. The summed E-state index contributed by atoms with van der Waals surface area (Å²) in [4.78, 5) is 11.7. The van der Waals surface area contributed by atoms with Crippen LogP contribution in [0, 0.1) is 5.82 Å². The zero-order chi connectivity index (χ0) is 28.7. The van der Waals surface area contributed by atoms with Crippen molar-refractivity contribution in [2.75, 3.05) is 13.7 Å². The lowest BCUT2D eigenvalue weighted by atomic mass is 9.98. The van der Waals surface area contributed by atoms with Crippen LogP contribution in [-0.4, -0.2) is 40.2 Å². The molecule has 41 heavy (non-hydrogen) atoms. The number of aliphatic hydroxyl groups is 1. The summed E-state index contributed by atoms with van der Waals surface area (Å²) in [5.74, 6) is 1.80. The van der Waals surface area contributed by atoms with E-state index in [-0.39, 0.29) is 24.1 Å². The van der Waals surface area contributed by atoms with Gasteiger partial charge in [-0.05, 0) is 63.4 Å². The summed E-state index contributed by atoms with van der Waals surface area (Å²) >= 11 is 0. The second-order valence-electron chi connectivity index (χ2n) is 11.3. The number of fused-ring (bicyclic) bond motifs is 3. The van der Waals surface area contributed by atoms with Gasteiger partial charge in [0.25, 0.3) is 0 Å². The molecule has 0 amide bonds. The van der Waals surface area contributed by atoms with Gasteiger partial charge in [0.05, 0.1) is 37.5 Å². The average Bonchev–Trinajstić information content (AvgIpc) is 3.66. The predicted octanol–water partition coefficient (Wildman–Crippen LogP) is 6.23. The molecule has 4 aromatic rings. The number of hydrogen-bond donors (Lipinski definition) is 1. The summed E-state index contributed by atoms with van der Waals surface area (Å²) in [5, 5.41) is 15.6. The number of nitrogens with zero attached hydrogens (tertiary/aromatic N) is 2. The van der Waals surface area contributed by atoms with Crippen LogP contribution in [0.4, 0.5) is 4.39 Å². The second kappa shape index (κ2) is 10.7. The SMILES string of the molecule is COC(=O)CC1COc2cc(OC3CCc4c(Oc5ccc6cnn(CCC(C)(C)O)c6c5)ccc(F)c43)ccc21. The normalized spacial score (nSPS) is 17.7. The molecule has 0 saturated heterocycles. The Morgan fingerprint density at radius 2 is 2.00 bits per heavy atom. The fourth-order valence-electron chi connectivity index (χ4n) is 5.60. The number of ether oxygens (including phenoxy) is 4. The summed E-state index contributed by atoms with van der Waals surface area (Å²) in [5.41, 5.74) is 2.35. The Bertz CT molecular complexity index is 1610. The molecule has 1 N–H and O–H groups in total. The number of rotatable bonds is 9. The Balaban J connectivity index is 1.20. The molecule has 0 spiro atoms. The van der Waals surface area contributed by atoms with E-state index in [0.29, 0.717) is 61.0 Å². The number of aromatic nitrogens is 2. The van der Waals surface area contributed by atoms with E-state index in [1.54, 1.807) is 32.2 Å². The Kier molecular flexibility index (Phi) is 7.07. The maximum atomic E-state index is 15.2. The molecule has 2 aliphatic rings. The third-order valence-corrected chi connectivity index (χ3v) is 7.80. The molecule has 9 heteroatoms. The van der Waals surface area contributed by atoms with Gasteiger partial charge in [0.1, 0.15) is 34.9 Å². The van der Waals surface area contributed by atoms with Gasteiger partial charge in [-0.25, -0.2) is 4.39 Å². The van der Waals surface area contributed by atoms with E-state index in [1.807, 2.05) is 35.0 Å². The number of hydrogen-bond acceptors (Lipinski definition) is 7. The minimum absolute atomic E-state index is 0.0600. The highest BCUT2D eigenvalue weighted by atomic mass is 19.1. The molecule has 0 saturated carbocycles. The van der Waals surface area contributed by atoms with E-state index in [9.17, 15) is 9.90 Å². The van der Waals surface area contributed by atoms with Crippen LogP contribution < -0.4 is 14.2 Å². The fourth-order valence-corrected chi connectivity index (χ4v) is 5.60. The molecule has 1 aromatic heterocycles. The lowest BCUT2D eigenvalue weighted by molar-refractivity contribution is -0.141. The van der Waals surface area contributed by atoms with Gasteiger partial charge in [-0.3, -0.25) is 9.48 Å². The summed E-state index contributed by atoms with van der Waals surface area (Å²) in [6, 6.07) is 14.4. The molecule has 1 aliphatic carbocycles. The molecule has 214 valence electrons. The van der Waals surface area contributed by atoms with Crippen molar-refractivity contribution in [2.45, 2.75) is 63.7 Å². The highest BCUT2D eigenvalue weighted by molar-refractivity contribution is 5.80. The third-order valence-electron chi connectivity index (χ3n) is 7.80. The highest BCUT2D eigenvalue weighted by Crippen LogP contribution is 2.44. The number of halogens is 1. The van der Waals surface area contributed by atoms with E-state index in [2.05, 4.69) is 5.10 Å². The van der Waals surface area contributed by atoms with Gasteiger partial charge in [-0.1, -0.05) is 6.07 Å². The fraction of sp³-hybridized carbons (Fsp3) is 0.375. The van der Waals surface area contributed by atoms with Crippen LogP contribution in [0.2, 0.25) is 0 Å². The van der Waals surface area contributed by atoms with Crippen LogP contribution in [0.3, 0.4) is 0 Å². The van der Waals surface area contributed by atoms with Gasteiger partial charge in [0, 0.05) is 46.7 Å². The van der Waals surface area contributed by atoms with Crippen molar-refractivity contribution in [3.8, 4) is 23.0 Å². The quantitative estimate of drug-likeness (QED) is 0.243. The molecule has 2 atom stereocenters. The molecule has 0 radical (unpaired) electrons. The van der Waals surface area contributed by atoms with Crippen molar-refractivity contribution in [3.05, 3.63) is 77.2 Å². The smallest absolute Gasteiger partial charge is 0.306 e. The molecule has 6 rings (SSSR count). The number of carbonyl (C=O) groups is 1. The molecule has 0 fully saturated rings. The van der Waals surface area contributed by atoms with E-state index >= 15 is 4.39 Å². The first-order chi connectivity index (χ1) is 19.7. The zero-order valence-electron chi connectivity index (χ0n) is 23.4. The summed E-state index contributed by atoms with van der Waals surface area (Å²) in [7, 11) is 1.38. The number of esters is 1. The maximum absolute atomic E-state index is 15.2. The predicted molar refractivity (Wildman–Crippen MR) is 150 cm³/mol. The number of carbonyl (C=O) groups excluding carboxylic acids is 1. The van der Waals surface area contributed by atoms with Crippen molar-refractivity contribution < 1.29 is 33.2 Å². The third kappa shape index (κ3) is 5.59. The van der Waals surface area contributed by atoms with Crippen molar-refractivity contribution in [1.29, 1.82) is 0 Å². The first kappa shape index (κ1) is 27.1. The molecular formula is C32H33FN2O6. The first-order valence-corrected chi connectivity index (χ1v) is 13.9. The van der Waals surface area contributed by atoms with Crippen molar-refractivity contribution in [2.24, 2.45) is 0 Å². The van der Waals surface area contributed by atoms with Gasteiger partial charge in [-0.15, -0.1) is 0 Å². The lowest BCUT2D eigenvalue weighted by Crippen LogP contribution is -2.21. The largest absolute Gasteiger partial charge is 0.492 e. The zero-order valence-corrected chi connectivity index (χ0v) is 23.4. The van der Waals surface area contributed by atoms with Gasteiger partial charge in [0.2, 0.25) is 0 Å². The van der Waals surface area contributed by atoms with Crippen LogP contribution in [0.15, 0.2) is 54.7 Å². The number of methoxy groups -OCH3 is 1. The van der Waals surface area contributed by atoms with Crippen LogP contribution in [0.5, 0.6) is 23.0 Å². The van der Waals surface area contributed by atoms with Crippen LogP contribution >= 0.6 is 0 Å². The first-order valence-electron chi connectivity index (χ1n) is 13.9. The van der Waals surface area contributed by atoms with Gasteiger partial charge in [0.15, 0.2) is 0 Å².